The molecule has 1 aliphatic carbocycles. The van der Waals surface area contributed by atoms with Gasteiger partial charge in [0.15, 0.2) is 0 Å². The molecule has 6 heteroatoms. The molecule has 2 N–H and O–H groups in total. The summed E-state index contributed by atoms with van der Waals surface area (Å²) in [7, 11) is 0. The SMILES string of the molecule is O=C(O)CNC(=O)C1CC1(Cl)Cl. The average Bonchev–Trinajstić information content (AvgIpc) is 2.55. The molecule has 0 aromatic heterocycles. The number of nitrogens with one attached hydrogen (secondary N) is 1. The molecule has 0 aromatic carbocycles. The van der Waals surface area contributed by atoms with Gasteiger partial charge in [-0.3, -0.25) is 9.59 Å². The zero-order valence-corrected chi connectivity index (χ0v) is 7.52. The second-order valence-electron chi connectivity index (χ2n) is 2.63. The number of carbonyl (C=O) groups is 2. The number of hydrogen-bond acceptors (Lipinski definition) is 2. The lowest BCUT2D eigenvalue weighted by molar-refractivity contribution is -0.138. The molecule has 1 saturated carbocycles. The van der Waals surface area contributed by atoms with Crippen molar-refractivity contribution in [3.05, 3.63) is 0 Å². The first-order valence-electron chi connectivity index (χ1n) is 3.31. The van der Waals surface area contributed by atoms with Crippen molar-refractivity contribution in [2.75, 3.05) is 6.54 Å². The maximum atomic E-state index is 11.0. The number of aliphatic carboxylic acids is 1. The Balaban J connectivity index is 2.27. The van der Waals surface area contributed by atoms with Gasteiger partial charge in [-0.1, -0.05) is 0 Å². The van der Waals surface area contributed by atoms with E-state index in [1.807, 2.05) is 0 Å². The summed E-state index contributed by atoms with van der Waals surface area (Å²) in [5, 5.41) is 10.4. The second-order valence-corrected chi connectivity index (χ2v) is 4.17. The molecule has 1 rings (SSSR count). The molecule has 0 bridgehead atoms. The number of carboxylic acid groups (broad SMARTS) is 1. The van der Waals surface area contributed by atoms with Crippen LogP contribution < -0.4 is 5.32 Å². The molecular weight excluding hydrogens is 205 g/mol. The van der Waals surface area contributed by atoms with Crippen LogP contribution in [-0.2, 0) is 9.59 Å². The van der Waals surface area contributed by atoms with Crippen LogP contribution in [0.5, 0.6) is 0 Å². The molecule has 0 radical (unpaired) electrons. The fourth-order valence-corrected chi connectivity index (χ4v) is 1.29. The van der Waals surface area contributed by atoms with Crippen molar-refractivity contribution in [1.82, 2.24) is 5.32 Å². The maximum absolute atomic E-state index is 11.0. The van der Waals surface area contributed by atoms with Crippen molar-refractivity contribution in [2.24, 2.45) is 5.92 Å². The van der Waals surface area contributed by atoms with E-state index in [0.717, 1.165) is 0 Å². The highest BCUT2D eigenvalue weighted by atomic mass is 35.5. The molecule has 12 heavy (non-hydrogen) atoms. The van der Waals surface area contributed by atoms with E-state index in [1.165, 1.54) is 0 Å². The summed E-state index contributed by atoms with van der Waals surface area (Å²) >= 11 is 11.1. The van der Waals surface area contributed by atoms with Gasteiger partial charge in [-0.25, -0.2) is 0 Å². The molecule has 0 aromatic rings. The first-order chi connectivity index (χ1) is 5.43. The van der Waals surface area contributed by atoms with Crippen LogP contribution in [-0.4, -0.2) is 27.9 Å². The van der Waals surface area contributed by atoms with Crippen molar-refractivity contribution >= 4 is 35.1 Å². The highest BCUT2D eigenvalue weighted by Crippen LogP contribution is 2.53. The third-order valence-corrected chi connectivity index (χ3v) is 2.39. The molecule has 68 valence electrons. The predicted molar refractivity (Wildman–Crippen MR) is 43.2 cm³/mol. The van der Waals surface area contributed by atoms with Crippen LogP contribution in [0, 0.1) is 5.92 Å². The van der Waals surface area contributed by atoms with E-state index in [0.29, 0.717) is 6.42 Å². The van der Waals surface area contributed by atoms with E-state index in [1.54, 1.807) is 0 Å². The van der Waals surface area contributed by atoms with Gasteiger partial charge in [0.1, 0.15) is 10.9 Å². The monoisotopic (exact) mass is 211 g/mol. The van der Waals surface area contributed by atoms with Gasteiger partial charge in [0.2, 0.25) is 5.91 Å². The van der Waals surface area contributed by atoms with E-state index >= 15 is 0 Å². The lowest BCUT2D eigenvalue weighted by Crippen LogP contribution is -2.31. The Bertz CT molecular complexity index is 229. The van der Waals surface area contributed by atoms with E-state index in [4.69, 9.17) is 28.3 Å². The van der Waals surface area contributed by atoms with Gasteiger partial charge in [-0.2, -0.15) is 0 Å². The van der Waals surface area contributed by atoms with Crippen LogP contribution in [0.1, 0.15) is 6.42 Å². The largest absolute Gasteiger partial charge is 0.480 e. The number of halogens is 2. The third-order valence-electron chi connectivity index (χ3n) is 1.56. The molecule has 0 aliphatic heterocycles. The van der Waals surface area contributed by atoms with Crippen molar-refractivity contribution in [1.29, 1.82) is 0 Å². The topological polar surface area (TPSA) is 66.4 Å². The third kappa shape index (κ3) is 2.25. The zero-order valence-electron chi connectivity index (χ0n) is 6.01. The van der Waals surface area contributed by atoms with Crippen LogP contribution in [0.15, 0.2) is 0 Å². The highest BCUT2D eigenvalue weighted by Gasteiger charge is 2.56. The summed E-state index contributed by atoms with van der Waals surface area (Å²) in [6.45, 7) is -0.390. The minimum atomic E-state index is -1.08. The molecule has 1 fully saturated rings. The highest BCUT2D eigenvalue weighted by molar-refractivity contribution is 6.52. The van der Waals surface area contributed by atoms with Crippen LogP contribution in [0.25, 0.3) is 0 Å². The Morgan fingerprint density at radius 3 is 2.42 bits per heavy atom. The molecule has 1 aliphatic rings. The molecule has 1 unspecified atom stereocenters. The molecular formula is C6H7Cl2NO3. The molecule has 0 heterocycles. The van der Waals surface area contributed by atoms with Gasteiger partial charge in [0, 0.05) is 0 Å². The van der Waals surface area contributed by atoms with Gasteiger partial charge in [0.25, 0.3) is 0 Å². The van der Waals surface area contributed by atoms with Crippen LogP contribution in [0.4, 0.5) is 0 Å². The summed E-state index contributed by atoms with van der Waals surface area (Å²) in [4.78, 5) is 21.0. The summed E-state index contributed by atoms with van der Waals surface area (Å²) in [6.07, 6.45) is 0.390. The summed E-state index contributed by atoms with van der Waals surface area (Å²) in [5.74, 6) is -1.94. The maximum Gasteiger partial charge on any atom is 0.322 e. The first-order valence-corrected chi connectivity index (χ1v) is 4.06. The summed E-state index contributed by atoms with van der Waals surface area (Å²) in [6, 6.07) is 0. The number of carbonyl (C=O) groups excluding carboxylic acids is 1. The van der Waals surface area contributed by atoms with Gasteiger partial charge in [-0.15, -0.1) is 23.2 Å². The Kier molecular flexibility index (Phi) is 2.49. The number of amides is 1. The minimum Gasteiger partial charge on any atom is -0.480 e. The minimum absolute atomic E-state index is 0.390. The van der Waals surface area contributed by atoms with E-state index in [-0.39, 0.29) is 6.54 Å². The Labute approximate surface area is 78.8 Å². The van der Waals surface area contributed by atoms with Crippen LogP contribution in [0.3, 0.4) is 0 Å². The second kappa shape index (κ2) is 3.11. The van der Waals surface area contributed by atoms with Gasteiger partial charge in [0.05, 0.1) is 5.92 Å². The van der Waals surface area contributed by atoms with Crippen molar-refractivity contribution in [3.63, 3.8) is 0 Å². The molecule has 1 amide bonds. The van der Waals surface area contributed by atoms with Crippen molar-refractivity contribution < 1.29 is 14.7 Å². The van der Waals surface area contributed by atoms with Gasteiger partial charge >= 0.3 is 5.97 Å². The molecule has 1 atom stereocenters. The number of rotatable bonds is 3. The van der Waals surface area contributed by atoms with Crippen LogP contribution >= 0.6 is 23.2 Å². The van der Waals surface area contributed by atoms with Crippen LogP contribution in [0.2, 0.25) is 0 Å². The fourth-order valence-electron chi connectivity index (χ4n) is 0.784. The van der Waals surface area contributed by atoms with Crippen molar-refractivity contribution in [3.8, 4) is 0 Å². The lowest BCUT2D eigenvalue weighted by Gasteiger charge is -2.00. The van der Waals surface area contributed by atoms with E-state index < -0.39 is 22.1 Å². The van der Waals surface area contributed by atoms with Gasteiger partial charge in [-0.05, 0) is 6.42 Å². The average molecular weight is 212 g/mol. The fraction of sp³-hybridized carbons (Fsp3) is 0.667. The quantitative estimate of drug-likeness (QED) is 0.664. The molecule has 0 spiro atoms. The molecule has 0 saturated heterocycles. The van der Waals surface area contributed by atoms with E-state index in [2.05, 4.69) is 5.32 Å². The summed E-state index contributed by atoms with van der Waals surface area (Å²) in [5.41, 5.74) is 0. The number of hydrogen-bond donors (Lipinski definition) is 2. The zero-order chi connectivity index (χ0) is 9.35. The lowest BCUT2D eigenvalue weighted by atomic mass is 10.4. The summed E-state index contributed by atoms with van der Waals surface area (Å²) < 4.78 is -0.984. The predicted octanol–water partition coefficient (Wildman–Crippen LogP) is 0.381. The Hall–Kier alpha value is -0.480. The number of carboxylic acids is 1. The normalized spacial score (nSPS) is 24.7. The first kappa shape index (κ1) is 9.61. The van der Waals surface area contributed by atoms with Gasteiger partial charge < -0.3 is 10.4 Å². The Morgan fingerprint density at radius 1 is 1.58 bits per heavy atom. The number of alkyl halides is 2. The standard InChI is InChI=1S/C6H7Cl2NO3/c7-6(8)1-3(6)5(12)9-2-4(10)11/h3H,1-2H2,(H,9,12)(H,10,11). The smallest absolute Gasteiger partial charge is 0.322 e. The van der Waals surface area contributed by atoms with Crippen molar-refractivity contribution in [2.45, 2.75) is 10.8 Å². The van der Waals surface area contributed by atoms with E-state index in [9.17, 15) is 9.59 Å². The Morgan fingerprint density at radius 2 is 2.08 bits per heavy atom. The molecule has 4 nitrogen and oxygen atoms in total.